The molecular weight excluding hydrogens is 262 g/mol. The average molecular weight is 279 g/mol. The Morgan fingerprint density at radius 2 is 2.25 bits per heavy atom. The van der Waals surface area contributed by atoms with E-state index in [2.05, 4.69) is 17.2 Å². The van der Waals surface area contributed by atoms with Gasteiger partial charge in [0.15, 0.2) is 5.69 Å². The first-order chi connectivity index (χ1) is 9.47. The molecule has 7 heteroatoms. The van der Waals surface area contributed by atoms with Crippen LogP contribution in [0.25, 0.3) is 0 Å². The summed E-state index contributed by atoms with van der Waals surface area (Å²) in [5, 5.41) is 23.0. The zero-order valence-electron chi connectivity index (χ0n) is 11.2. The molecule has 1 aromatic rings. The number of hydrogen-bond acceptors (Lipinski definition) is 5. The van der Waals surface area contributed by atoms with Crippen molar-refractivity contribution in [2.24, 2.45) is 5.92 Å². The number of nitrogens with zero attached hydrogens (tertiary/aromatic N) is 2. The largest absolute Gasteiger partial charge is 0.477 e. The fourth-order valence-corrected chi connectivity index (χ4v) is 2.58. The topological polar surface area (TPSA) is 105 Å². The number of carboxylic acid groups (broad SMARTS) is 1. The molecule has 1 aliphatic rings. The van der Waals surface area contributed by atoms with Crippen LogP contribution in [-0.4, -0.2) is 27.0 Å². The molecule has 0 bridgehead atoms. The standard InChI is InChI=1S/C13H17N3O4/c1-8-3-2-4-9(7-8)14-12-11(16(19)20)6-5-10(15-12)13(17)18/h5-6,8-9H,2-4,7H2,1H3,(H,14,15)(H,17,18). The summed E-state index contributed by atoms with van der Waals surface area (Å²) >= 11 is 0. The fraction of sp³-hybridized carbons (Fsp3) is 0.538. The molecule has 1 fully saturated rings. The lowest BCUT2D eigenvalue weighted by Crippen LogP contribution is -2.27. The lowest BCUT2D eigenvalue weighted by Gasteiger charge is -2.27. The highest BCUT2D eigenvalue weighted by Crippen LogP contribution is 2.29. The Bertz CT molecular complexity index is 532. The predicted molar refractivity (Wildman–Crippen MR) is 72.9 cm³/mol. The molecule has 0 aromatic carbocycles. The number of aromatic nitrogens is 1. The molecule has 7 nitrogen and oxygen atoms in total. The molecule has 1 heterocycles. The zero-order valence-corrected chi connectivity index (χ0v) is 11.2. The number of nitro groups is 1. The first-order valence-corrected chi connectivity index (χ1v) is 6.62. The van der Waals surface area contributed by atoms with Gasteiger partial charge in [0.05, 0.1) is 4.92 Å². The number of anilines is 1. The first-order valence-electron chi connectivity index (χ1n) is 6.62. The summed E-state index contributed by atoms with van der Waals surface area (Å²) in [4.78, 5) is 25.2. The van der Waals surface area contributed by atoms with E-state index in [4.69, 9.17) is 5.11 Å². The van der Waals surface area contributed by atoms with Crippen molar-refractivity contribution in [1.29, 1.82) is 0 Å². The van der Waals surface area contributed by atoms with Crippen LogP contribution >= 0.6 is 0 Å². The molecule has 2 atom stereocenters. The summed E-state index contributed by atoms with van der Waals surface area (Å²) in [5.41, 5.74) is -0.379. The van der Waals surface area contributed by atoms with Crippen LogP contribution in [-0.2, 0) is 0 Å². The number of nitrogens with one attached hydrogen (secondary N) is 1. The molecule has 0 aliphatic heterocycles. The van der Waals surface area contributed by atoms with E-state index in [0.717, 1.165) is 31.7 Å². The highest BCUT2D eigenvalue weighted by atomic mass is 16.6. The Morgan fingerprint density at radius 1 is 1.50 bits per heavy atom. The van der Waals surface area contributed by atoms with Gasteiger partial charge >= 0.3 is 11.7 Å². The smallest absolute Gasteiger partial charge is 0.354 e. The summed E-state index contributed by atoms with van der Waals surface area (Å²) in [7, 11) is 0. The van der Waals surface area contributed by atoms with Crippen molar-refractivity contribution in [2.45, 2.75) is 38.6 Å². The minimum atomic E-state index is -1.19. The molecule has 0 spiro atoms. The van der Waals surface area contributed by atoms with E-state index in [1.54, 1.807) is 0 Å². The highest BCUT2D eigenvalue weighted by molar-refractivity contribution is 5.86. The van der Waals surface area contributed by atoms with Gasteiger partial charge in [0, 0.05) is 12.1 Å². The Hall–Kier alpha value is -2.18. The summed E-state index contributed by atoms with van der Waals surface area (Å²) in [6.07, 6.45) is 4.05. The van der Waals surface area contributed by atoms with Crippen molar-refractivity contribution in [3.63, 3.8) is 0 Å². The van der Waals surface area contributed by atoms with Gasteiger partial charge in [-0.1, -0.05) is 19.8 Å². The van der Waals surface area contributed by atoms with E-state index in [-0.39, 0.29) is 23.2 Å². The summed E-state index contributed by atoms with van der Waals surface area (Å²) in [6, 6.07) is 2.44. The third-order valence-corrected chi connectivity index (χ3v) is 3.57. The monoisotopic (exact) mass is 279 g/mol. The number of pyridine rings is 1. The van der Waals surface area contributed by atoms with Gasteiger partial charge < -0.3 is 10.4 Å². The molecule has 2 N–H and O–H groups in total. The second-order valence-corrected chi connectivity index (χ2v) is 5.24. The normalized spacial score (nSPS) is 22.2. The molecule has 2 unspecified atom stereocenters. The van der Waals surface area contributed by atoms with Crippen molar-refractivity contribution in [2.75, 3.05) is 5.32 Å². The quantitative estimate of drug-likeness (QED) is 0.648. The van der Waals surface area contributed by atoms with Gasteiger partial charge in [0.2, 0.25) is 5.82 Å². The molecule has 2 rings (SSSR count). The van der Waals surface area contributed by atoms with Gasteiger partial charge in [0.1, 0.15) is 0 Å². The Labute approximate surface area is 116 Å². The highest BCUT2D eigenvalue weighted by Gasteiger charge is 2.24. The fourth-order valence-electron chi connectivity index (χ4n) is 2.58. The number of aromatic carboxylic acids is 1. The van der Waals surface area contributed by atoms with E-state index < -0.39 is 10.9 Å². The average Bonchev–Trinajstić information content (AvgIpc) is 2.38. The van der Waals surface area contributed by atoms with E-state index in [0.29, 0.717) is 5.92 Å². The molecule has 1 saturated carbocycles. The minimum absolute atomic E-state index is 0.0500. The van der Waals surface area contributed by atoms with Crippen LogP contribution in [0, 0.1) is 16.0 Å². The second kappa shape index (κ2) is 5.85. The lowest BCUT2D eigenvalue weighted by molar-refractivity contribution is -0.384. The van der Waals surface area contributed by atoms with Crippen molar-refractivity contribution < 1.29 is 14.8 Å². The number of hydrogen-bond donors (Lipinski definition) is 2. The molecular formula is C13H17N3O4. The summed E-state index contributed by atoms with van der Waals surface area (Å²) in [5.74, 6) is -0.586. The van der Waals surface area contributed by atoms with Crippen molar-refractivity contribution in [1.82, 2.24) is 4.98 Å². The molecule has 20 heavy (non-hydrogen) atoms. The number of carboxylic acids is 1. The van der Waals surface area contributed by atoms with E-state index in [1.807, 2.05) is 0 Å². The summed E-state index contributed by atoms with van der Waals surface area (Å²) < 4.78 is 0. The van der Waals surface area contributed by atoms with E-state index in [1.165, 1.54) is 6.07 Å². The van der Waals surface area contributed by atoms with Gasteiger partial charge in [-0.15, -0.1) is 0 Å². The maximum atomic E-state index is 11.0. The molecule has 1 aromatic heterocycles. The van der Waals surface area contributed by atoms with Crippen LogP contribution < -0.4 is 5.32 Å². The van der Waals surface area contributed by atoms with Gasteiger partial charge in [-0.05, 0) is 24.8 Å². The third-order valence-electron chi connectivity index (χ3n) is 3.57. The van der Waals surface area contributed by atoms with Crippen molar-refractivity contribution in [3.8, 4) is 0 Å². The lowest BCUT2D eigenvalue weighted by atomic mass is 9.87. The van der Waals surface area contributed by atoms with Gasteiger partial charge in [-0.25, -0.2) is 9.78 Å². The summed E-state index contributed by atoms with van der Waals surface area (Å²) in [6.45, 7) is 2.14. The maximum Gasteiger partial charge on any atom is 0.354 e. The van der Waals surface area contributed by atoms with Gasteiger partial charge in [-0.3, -0.25) is 10.1 Å². The Kier molecular flexibility index (Phi) is 4.16. The van der Waals surface area contributed by atoms with Crippen LogP contribution in [0.1, 0.15) is 43.1 Å². The van der Waals surface area contributed by atoms with E-state index in [9.17, 15) is 14.9 Å². The first kappa shape index (κ1) is 14.2. The molecule has 0 radical (unpaired) electrons. The molecule has 0 amide bonds. The van der Waals surface area contributed by atoms with Crippen LogP contribution in [0.4, 0.5) is 11.5 Å². The Morgan fingerprint density at radius 3 is 2.85 bits per heavy atom. The van der Waals surface area contributed by atoms with E-state index >= 15 is 0 Å². The molecule has 1 aliphatic carbocycles. The zero-order chi connectivity index (χ0) is 14.7. The number of carbonyl (C=O) groups is 1. The van der Waals surface area contributed by atoms with Crippen LogP contribution in [0.15, 0.2) is 12.1 Å². The minimum Gasteiger partial charge on any atom is -0.477 e. The van der Waals surface area contributed by atoms with Crippen LogP contribution in [0.2, 0.25) is 0 Å². The predicted octanol–water partition coefficient (Wildman–Crippen LogP) is 2.68. The van der Waals surface area contributed by atoms with Crippen molar-refractivity contribution >= 4 is 17.5 Å². The van der Waals surface area contributed by atoms with Crippen molar-refractivity contribution in [3.05, 3.63) is 27.9 Å². The van der Waals surface area contributed by atoms with Crippen LogP contribution in [0.5, 0.6) is 0 Å². The van der Waals surface area contributed by atoms with Crippen LogP contribution in [0.3, 0.4) is 0 Å². The number of rotatable bonds is 4. The SMILES string of the molecule is CC1CCCC(Nc2nc(C(=O)O)ccc2[N+](=O)[O-])C1. The molecule has 108 valence electrons. The Balaban J connectivity index is 2.25. The molecule has 0 saturated heterocycles. The van der Waals surface area contributed by atoms with Gasteiger partial charge in [-0.2, -0.15) is 0 Å². The maximum absolute atomic E-state index is 11.0. The van der Waals surface area contributed by atoms with Gasteiger partial charge in [0.25, 0.3) is 0 Å². The third kappa shape index (κ3) is 3.23. The second-order valence-electron chi connectivity index (χ2n) is 5.24.